The fourth-order valence-corrected chi connectivity index (χ4v) is 4.34. The van der Waals surface area contributed by atoms with Crippen LogP contribution in [0.1, 0.15) is 61.5 Å². The molecule has 2 saturated heterocycles. The molecule has 0 bridgehead atoms. The molecule has 8 heteroatoms. The van der Waals surface area contributed by atoms with E-state index < -0.39 is 17.5 Å². The van der Waals surface area contributed by atoms with E-state index >= 15 is 0 Å². The van der Waals surface area contributed by atoms with Gasteiger partial charge in [0, 0.05) is 32.4 Å². The molecule has 0 spiro atoms. The van der Waals surface area contributed by atoms with E-state index in [1.54, 1.807) is 13.1 Å². The molecule has 2 fully saturated rings. The minimum atomic E-state index is -1.31. The summed E-state index contributed by atoms with van der Waals surface area (Å²) in [5.74, 6) is -0.669. The van der Waals surface area contributed by atoms with Crippen LogP contribution in [0, 0.1) is 12.3 Å². The Labute approximate surface area is 165 Å². The Morgan fingerprint density at radius 3 is 2.57 bits per heavy atom. The van der Waals surface area contributed by atoms with Crippen LogP contribution in [0.3, 0.4) is 0 Å². The molecule has 0 unspecified atom stereocenters. The van der Waals surface area contributed by atoms with Crippen LogP contribution in [0.25, 0.3) is 0 Å². The molecule has 0 aromatic carbocycles. The molecular formula is C20H30N4O4. The normalized spacial score (nSPS) is 25.6. The van der Waals surface area contributed by atoms with Gasteiger partial charge in [0.05, 0.1) is 17.4 Å². The molecule has 0 radical (unpaired) electrons. The summed E-state index contributed by atoms with van der Waals surface area (Å²) in [7, 11) is 0. The second kappa shape index (κ2) is 8.43. The van der Waals surface area contributed by atoms with Crippen molar-refractivity contribution in [2.45, 2.75) is 58.5 Å². The number of likely N-dealkylation sites (tertiary alicyclic amines) is 1. The molecule has 1 amide bonds. The van der Waals surface area contributed by atoms with Gasteiger partial charge in [0.2, 0.25) is 5.95 Å². The maximum atomic E-state index is 13.1. The quantitative estimate of drug-likeness (QED) is 0.790. The maximum absolute atomic E-state index is 13.1. The summed E-state index contributed by atoms with van der Waals surface area (Å²) in [5, 5.41) is 20.1. The molecule has 28 heavy (non-hydrogen) atoms. The van der Waals surface area contributed by atoms with Crippen LogP contribution in [-0.4, -0.2) is 69.2 Å². The summed E-state index contributed by atoms with van der Waals surface area (Å²) in [6, 6.07) is 0. The predicted octanol–water partition coefficient (Wildman–Crippen LogP) is 1.85. The van der Waals surface area contributed by atoms with Gasteiger partial charge in [-0.2, -0.15) is 0 Å². The second-order valence-corrected chi connectivity index (χ2v) is 7.96. The lowest BCUT2D eigenvalue weighted by Gasteiger charge is -2.43. The minimum Gasteiger partial charge on any atom is -0.481 e. The number of rotatable bonds is 5. The van der Waals surface area contributed by atoms with E-state index in [9.17, 15) is 19.8 Å². The summed E-state index contributed by atoms with van der Waals surface area (Å²) < 4.78 is 0. The largest absolute Gasteiger partial charge is 0.481 e. The Hall–Kier alpha value is -2.22. The van der Waals surface area contributed by atoms with Gasteiger partial charge in [0.1, 0.15) is 5.41 Å². The monoisotopic (exact) mass is 390 g/mol. The smallest absolute Gasteiger partial charge is 0.314 e. The first kappa shape index (κ1) is 20.5. The van der Waals surface area contributed by atoms with E-state index in [2.05, 4.69) is 14.9 Å². The highest BCUT2D eigenvalue weighted by Gasteiger charge is 2.49. The number of hydrogen-bond donors (Lipinski definition) is 2. The lowest BCUT2D eigenvalue weighted by atomic mass is 9.74. The molecule has 154 valence electrons. The van der Waals surface area contributed by atoms with E-state index in [1.165, 1.54) is 11.3 Å². The van der Waals surface area contributed by atoms with E-state index in [1.807, 2.05) is 6.92 Å². The number of piperidine rings is 2. The summed E-state index contributed by atoms with van der Waals surface area (Å²) in [6.07, 6.45) is 5.27. The molecule has 2 aliphatic heterocycles. The third-order valence-corrected chi connectivity index (χ3v) is 6.03. The predicted molar refractivity (Wildman–Crippen MR) is 104 cm³/mol. The third-order valence-electron chi connectivity index (χ3n) is 6.03. The first-order valence-electron chi connectivity index (χ1n) is 10.2. The van der Waals surface area contributed by atoms with Gasteiger partial charge in [-0.15, -0.1) is 0 Å². The molecule has 1 aromatic heterocycles. The Morgan fingerprint density at radius 2 is 1.96 bits per heavy atom. The second-order valence-electron chi connectivity index (χ2n) is 7.96. The number of carbonyl (C=O) groups is 2. The highest BCUT2D eigenvalue weighted by atomic mass is 16.4. The Kier molecular flexibility index (Phi) is 6.17. The number of aryl methyl sites for hydroxylation is 1. The molecule has 2 N–H and O–H groups in total. The van der Waals surface area contributed by atoms with Gasteiger partial charge in [0.25, 0.3) is 5.91 Å². The van der Waals surface area contributed by atoms with Gasteiger partial charge < -0.3 is 20.0 Å². The van der Waals surface area contributed by atoms with Crippen LogP contribution in [0.4, 0.5) is 5.95 Å². The number of aliphatic carboxylic acids is 1. The molecule has 1 aromatic rings. The number of aliphatic hydroxyl groups excluding tert-OH is 1. The average Bonchev–Trinajstić information content (AvgIpc) is 2.69. The SMILES string of the molecule is CCC[C@@]1(C(=O)O)CN(C(=O)c2cnc(N3CCCCC3)nc2C)CC[C@@H]1O. The number of aliphatic hydroxyl groups is 1. The number of hydrogen-bond acceptors (Lipinski definition) is 6. The van der Waals surface area contributed by atoms with Crippen LogP contribution in [0.2, 0.25) is 0 Å². The summed E-state index contributed by atoms with van der Waals surface area (Å²) >= 11 is 0. The average molecular weight is 390 g/mol. The van der Waals surface area contributed by atoms with Crippen molar-refractivity contribution in [1.82, 2.24) is 14.9 Å². The first-order chi connectivity index (χ1) is 13.4. The number of nitrogens with zero attached hydrogens (tertiary/aromatic N) is 4. The summed E-state index contributed by atoms with van der Waals surface area (Å²) in [5.41, 5.74) is -0.318. The van der Waals surface area contributed by atoms with Crippen molar-refractivity contribution < 1.29 is 19.8 Å². The van der Waals surface area contributed by atoms with E-state index in [0.29, 0.717) is 36.6 Å². The van der Waals surface area contributed by atoms with Gasteiger partial charge in [-0.3, -0.25) is 9.59 Å². The van der Waals surface area contributed by atoms with Crippen LogP contribution in [0.15, 0.2) is 6.20 Å². The standard InChI is InChI=1S/C20H30N4O4/c1-3-8-20(18(27)28)13-24(11-7-16(20)25)17(26)15-12-21-19(22-14(15)2)23-9-5-4-6-10-23/h12,16,25H,3-11,13H2,1-2H3,(H,27,28)/t16-,20+/m0/s1. The van der Waals surface area contributed by atoms with E-state index in [4.69, 9.17) is 0 Å². The van der Waals surface area contributed by atoms with Crippen molar-refractivity contribution in [3.05, 3.63) is 17.5 Å². The molecule has 8 nitrogen and oxygen atoms in total. The van der Waals surface area contributed by atoms with Crippen molar-refractivity contribution >= 4 is 17.8 Å². The molecule has 3 heterocycles. The number of carboxylic acids is 1. The number of anilines is 1. The van der Waals surface area contributed by atoms with Crippen molar-refractivity contribution in [2.75, 3.05) is 31.1 Å². The van der Waals surface area contributed by atoms with E-state index in [-0.39, 0.29) is 18.9 Å². The molecule has 3 rings (SSSR count). The van der Waals surface area contributed by atoms with Crippen molar-refractivity contribution in [1.29, 1.82) is 0 Å². The van der Waals surface area contributed by atoms with Gasteiger partial charge in [-0.05, 0) is 39.0 Å². The Bertz CT molecular complexity index is 735. The number of carbonyl (C=O) groups excluding carboxylic acids is 1. The van der Waals surface area contributed by atoms with Crippen LogP contribution < -0.4 is 4.90 Å². The van der Waals surface area contributed by atoms with E-state index in [0.717, 1.165) is 25.9 Å². The van der Waals surface area contributed by atoms with Crippen LogP contribution >= 0.6 is 0 Å². The van der Waals surface area contributed by atoms with Crippen molar-refractivity contribution in [3.63, 3.8) is 0 Å². The highest BCUT2D eigenvalue weighted by Crippen LogP contribution is 2.36. The zero-order valence-electron chi connectivity index (χ0n) is 16.7. The van der Waals surface area contributed by atoms with Gasteiger partial charge in [0.15, 0.2) is 0 Å². The fraction of sp³-hybridized carbons (Fsp3) is 0.700. The lowest BCUT2D eigenvalue weighted by molar-refractivity contribution is -0.162. The van der Waals surface area contributed by atoms with Crippen molar-refractivity contribution in [3.8, 4) is 0 Å². The Morgan fingerprint density at radius 1 is 1.25 bits per heavy atom. The first-order valence-corrected chi connectivity index (χ1v) is 10.2. The van der Waals surface area contributed by atoms with Gasteiger partial charge >= 0.3 is 5.97 Å². The van der Waals surface area contributed by atoms with Crippen molar-refractivity contribution in [2.24, 2.45) is 5.41 Å². The van der Waals surface area contributed by atoms with Crippen LogP contribution in [-0.2, 0) is 4.79 Å². The zero-order chi connectivity index (χ0) is 20.3. The minimum absolute atomic E-state index is 0.00346. The maximum Gasteiger partial charge on any atom is 0.314 e. The lowest BCUT2D eigenvalue weighted by Crippen LogP contribution is -2.57. The number of carboxylic acid groups (broad SMARTS) is 1. The molecule has 2 aliphatic rings. The molecular weight excluding hydrogens is 360 g/mol. The van der Waals surface area contributed by atoms with Gasteiger partial charge in [-0.25, -0.2) is 9.97 Å². The number of aromatic nitrogens is 2. The molecule has 2 atom stereocenters. The summed E-state index contributed by atoms with van der Waals surface area (Å²) in [6.45, 7) is 5.85. The fourth-order valence-electron chi connectivity index (χ4n) is 4.34. The van der Waals surface area contributed by atoms with Gasteiger partial charge in [-0.1, -0.05) is 13.3 Å². The van der Waals surface area contributed by atoms with Crippen LogP contribution in [0.5, 0.6) is 0 Å². The zero-order valence-corrected chi connectivity index (χ0v) is 16.7. The highest BCUT2D eigenvalue weighted by molar-refractivity contribution is 5.95. The third kappa shape index (κ3) is 3.83. The topological polar surface area (TPSA) is 107 Å². The molecule has 0 aliphatic carbocycles. The summed E-state index contributed by atoms with van der Waals surface area (Å²) in [4.78, 5) is 37.6. The number of amides is 1. The molecule has 0 saturated carbocycles. The Balaban J connectivity index is 1.80.